The number of benzene rings is 2. The number of esters is 1. The second-order valence-corrected chi connectivity index (χ2v) is 6.02. The summed E-state index contributed by atoms with van der Waals surface area (Å²) in [6.07, 6.45) is 1.47. The third-order valence-corrected chi connectivity index (χ3v) is 3.97. The smallest absolute Gasteiger partial charge is 0.344 e. The zero-order valence-corrected chi connectivity index (χ0v) is 16.1. The summed E-state index contributed by atoms with van der Waals surface area (Å²) in [5, 5.41) is 0.329. The molecular formula is C22H20O7. The van der Waals surface area contributed by atoms with Gasteiger partial charge in [-0.1, -0.05) is 18.7 Å². The van der Waals surface area contributed by atoms with E-state index < -0.39 is 5.97 Å². The maximum absolute atomic E-state index is 12.9. The van der Waals surface area contributed by atoms with Crippen molar-refractivity contribution in [1.29, 1.82) is 0 Å². The van der Waals surface area contributed by atoms with Crippen molar-refractivity contribution in [2.75, 3.05) is 20.3 Å². The Kier molecular flexibility index (Phi) is 6.19. The minimum atomic E-state index is -0.523. The third kappa shape index (κ3) is 4.76. The molecule has 0 spiro atoms. The number of carbonyl (C=O) groups is 1. The van der Waals surface area contributed by atoms with Crippen LogP contribution in [0.5, 0.6) is 23.0 Å². The summed E-state index contributed by atoms with van der Waals surface area (Å²) in [4.78, 5) is 24.4. The summed E-state index contributed by atoms with van der Waals surface area (Å²) >= 11 is 0. The minimum Gasteiger partial charge on any atom is -0.497 e. The molecule has 1 heterocycles. The number of hydrogen-bond acceptors (Lipinski definition) is 7. The SMILES string of the molecule is C=CCOC(=O)COc1ccc2c(=O)c(Oc3cccc(OC)c3)c(C)oc2c1. The fraction of sp³-hybridized carbons (Fsp3) is 0.182. The summed E-state index contributed by atoms with van der Waals surface area (Å²) < 4.78 is 26.9. The van der Waals surface area contributed by atoms with Gasteiger partial charge in [-0.25, -0.2) is 4.79 Å². The van der Waals surface area contributed by atoms with Gasteiger partial charge in [-0.05, 0) is 31.2 Å². The molecule has 0 bridgehead atoms. The maximum Gasteiger partial charge on any atom is 0.344 e. The van der Waals surface area contributed by atoms with Gasteiger partial charge >= 0.3 is 5.97 Å². The molecule has 1 aromatic heterocycles. The Bertz CT molecular complexity index is 1100. The largest absolute Gasteiger partial charge is 0.497 e. The van der Waals surface area contributed by atoms with Crippen molar-refractivity contribution in [2.24, 2.45) is 0 Å². The molecule has 0 saturated carbocycles. The average molecular weight is 396 g/mol. The Morgan fingerprint density at radius 2 is 1.93 bits per heavy atom. The lowest BCUT2D eigenvalue weighted by atomic mass is 10.2. The molecule has 2 aromatic carbocycles. The first-order valence-corrected chi connectivity index (χ1v) is 8.80. The highest BCUT2D eigenvalue weighted by Crippen LogP contribution is 2.28. The molecule has 0 aliphatic rings. The second-order valence-electron chi connectivity index (χ2n) is 6.02. The highest BCUT2D eigenvalue weighted by molar-refractivity contribution is 5.80. The van der Waals surface area contributed by atoms with E-state index in [1.807, 2.05) is 0 Å². The standard InChI is InChI=1S/C22H20O7/c1-4-10-26-20(23)13-27-16-8-9-18-19(12-16)28-14(2)22(21(18)24)29-17-7-5-6-15(11-17)25-3/h4-9,11-12H,1,10,13H2,2-3H3. The molecule has 3 rings (SSSR count). The van der Waals surface area contributed by atoms with Crippen molar-refractivity contribution in [3.8, 4) is 23.0 Å². The number of methoxy groups -OCH3 is 1. The van der Waals surface area contributed by atoms with E-state index in [4.69, 9.17) is 23.4 Å². The molecule has 0 atom stereocenters. The van der Waals surface area contributed by atoms with Gasteiger partial charge in [0, 0.05) is 12.1 Å². The van der Waals surface area contributed by atoms with Gasteiger partial charge in [-0.2, -0.15) is 0 Å². The van der Waals surface area contributed by atoms with E-state index in [1.54, 1.807) is 56.5 Å². The van der Waals surface area contributed by atoms with Gasteiger partial charge in [0.05, 0.1) is 12.5 Å². The molecule has 7 nitrogen and oxygen atoms in total. The van der Waals surface area contributed by atoms with Crippen LogP contribution in [0.4, 0.5) is 0 Å². The van der Waals surface area contributed by atoms with Gasteiger partial charge in [-0.15, -0.1) is 0 Å². The molecule has 150 valence electrons. The van der Waals surface area contributed by atoms with E-state index in [-0.39, 0.29) is 24.4 Å². The molecule has 0 saturated heterocycles. The van der Waals surface area contributed by atoms with E-state index >= 15 is 0 Å². The Hall–Kier alpha value is -3.74. The summed E-state index contributed by atoms with van der Waals surface area (Å²) in [7, 11) is 1.55. The van der Waals surface area contributed by atoms with Crippen LogP contribution in [0.3, 0.4) is 0 Å². The number of ether oxygens (including phenoxy) is 4. The average Bonchev–Trinajstić information content (AvgIpc) is 2.73. The molecule has 0 aliphatic carbocycles. The van der Waals surface area contributed by atoms with Crippen LogP contribution in [0.15, 0.2) is 64.3 Å². The zero-order valence-electron chi connectivity index (χ0n) is 16.1. The first-order valence-electron chi connectivity index (χ1n) is 8.80. The highest BCUT2D eigenvalue weighted by atomic mass is 16.6. The van der Waals surface area contributed by atoms with E-state index in [2.05, 4.69) is 6.58 Å². The van der Waals surface area contributed by atoms with Gasteiger partial charge in [0.15, 0.2) is 6.61 Å². The Morgan fingerprint density at radius 1 is 1.14 bits per heavy atom. The van der Waals surface area contributed by atoms with Crippen LogP contribution in [-0.4, -0.2) is 26.3 Å². The number of aryl methyl sites for hydroxylation is 1. The van der Waals surface area contributed by atoms with Crippen LogP contribution in [0.1, 0.15) is 5.76 Å². The van der Waals surface area contributed by atoms with Crippen LogP contribution in [0.2, 0.25) is 0 Å². The van der Waals surface area contributed by atoms with Gasteiger partial charge in [0.25, 0.3) is 0 Å². The van der Waals surface area contributed by atoms with Gasteiger partial charge in [0.2, 0.25) is 11.2 Å². The first-order chi connectivity index (χ1) is 14.0. The molecule has 0 radical (unpaired) electrons. The molecular weight excluding hydrogens is 376 g/mol. The van der Waals surface area contributed by atoms with Crippen molar-refractivity contribution in [3.63, 3.8) is 0 Å². The molecule has 29 heavy (non-hydrogen) atoms. The first kappa shape index (κ1) is 20.0. The number of fused-ring (bicyclic) bond motifs is 1. The minimum absolute atomic E-state index is 0.0902. The van der Waals surface area contributed by atoms with Crippen molar-refractivity contribution in [3.05, 3.63) is 71.1 Å². The van der Waals surface area contributed by atoms with Crippen molar-refractivity contribution in [2.45, 2.75) is 6.92 Å². The highest BCUT2D eigenvalue weighted by Gasteiger charge is 2.15. The van der Waals surface area contributed by atoms with Crippen LogP contribution in [0.25, 0.3) is 11.0 Å². The number of carbonyl (C=O) groups excluding carboxylic acids is 1. The molecule has 0 unspecified atom stereocenters. The summed E-state index contributed by atoms with van der Waals surface area (Å²) in [6, 6.07) is 11.6. The zero-order chi connectivity index (χ0) is 20.8. The van der Waals surface area contributed by atoms with Crippen LogP contribution in [-0.2, 0) is 9.53 Å². The van der Waals surface area contributed by atoms with Gasteiger partial charge in [0.1, 0.15) is 35.2 Å². The lowest BCUT2D eigenvalue weighted by Crippen LogP contribution is -2.15. The van der Waals surface area contributed by atoms with Crippen LogP contribution < -0.4 is 19.6 Å². The predicted octanol–water partition coefficient (Wildman–Crippen LogP) is 4.01. The van der Waals surface area contributed by atoms with Crippen LogP contribution >= 0.6 is 0 Å². The molecule has 0 aliphatic heterocycles. The second kappa shape index (κ2) is 8.97. The normalized spacial score (nSPS) is 10.4. The Morgan fingerprint density at radius 3 is 2.69 bits per heavy atom. The Labute approximate surface area is 167 Å². The molecule has 0 N–H and O–H groups in total. The fourth-order valence-electron chi connectivity index (χ4n) is 2.59. The molecule has 0 fully saturated rings. The Balaban J connectivity index is 1.84. The van der Waals surface area contributed by atoms with E-state index in [9.17, 15) is 9.59 Å². The van der Waals surface area contributed by atoms with Crippen molar-refractivity contribution < 1.29 is 28.2 Å². The summed E-state index contributed by atoms with van der Waals surface area (Å²) in [5.74, 6) is 1.32. The quantitative estimate of drug-likeness (QED) is 0.420. The number of hydrogen-bond donors (Lipinski definition) is 0. The number of rotatable bonds is 8. The van der Waals surface area contributed by atoms with Gasteiger partial charge < -0.3 is 23.4 Å². The monoisotopic (exact) mass is 396 g/mol. The predicted molar refractivity (Wildman–Crippen MR) is 107 cm³/mol. The van der Waals surface area contributed by atoms with Crippen molar-refractivity contribution >= 4 is 16.9 Å². The lowest BCUT2D eigenvalue weighted by molar-refractivity contribution is -0.144. The molecule has 7 heteroatoms. The lowest BCUT2D eigenvalue weighted by Gasteiger charge is -2.11. The summed E-state index contributed by atoms with van der Waals surface area (Å²) in [6.45, 7) is 4.95. The van der Waals surface area contributed by atoms with E-state index in [0.29, 0.717) is 34.0 Å². The third-order valence-electron chi connectivity index (χ3n) is 3.97. The molecule has 3 aromatic rings. The topological polar surface area (TPSA) is 84.2 Å². The van der Waals surface area contributed by atoms with E-state index in [1.165, 1.54) is 6.08 Å². The van der Waals surface area contributed by atoms with Crippen LogP contribution in [0, 0.1) is 6.92 Å². The summed E-state index contributed by atoms with van der Waals surface area (Å²) in [5.41, 5.74) is 0.00552. The fourth-order valence-corrected chi connectivity index (χ4v) is 2.59. The maximum atomic E-state index is 12.9. The van der Waals surface area contributed by atoms with Crippen molar-refractivity contribution in [1.82, 2.24) is 0 Å². The van der Waals surface area contributed by atoms with E-state index in [0.717, 1.165) is 0 Å². The van der Waals surface area contributed by atoms with Gasteiger partial charge in [-0.3, -0.25) is 4.79 Å². The molecule has 0 amide bonds.